The van der Waals surface area contributed by atoms with Gasteiger partial charge in [-0.15, -0.1) is 0 Å². The van der Waals surface area contributed by atoms with E-state index in [1.807, 2.05) is 33.3 Å². The fourth-order valence-corrected chi connectivity index (χ4v) is 12.9. The molecular weight excluding hydrogens is 1170 g/mol. The van der Waals surface area contributed by atoms with E-state index in [9.17, 15) is 19.0 Å². The van der Waals surface area contributed by atoms with E-state index in [1.54, 1.807) is 0 Å². The number of ether oxygens (including phenoxy) is 1. The van der Waals surface area contributed by atoms with Crippen molar-refractivity contribution in [3.63, 3.8) is 0 Å². The molecule has 1 amide bonds. The minimum Gasteiger partial charge on any atom is -0.756 e. The molecular formula is C83H157N2O7P. The second-order valence-electron chi connectivity index (χ2n) is 28.9. The van der Waals surface area contributed by atoms with Crippen LogP contribution >= 0.6 is 7.82 Å². The van der Waals surface area contributed by atoms with Crippen molar-refractivity contribution in [1.29, 1.82) is 0 Å². The smallest absolute Gasteiger partial charge is 0.306 e. The summed E-state index contributed by atoms with van der Waals surface area (Å²) in [4.78, 5) is 40.4. The number of carbonyl (C=O) groups is 2. The number of carbonyl (C=O) groups excluding carboxylic acids is 2. The van der Waals surface area contributed by atoms with E-state index in [2.05, 4.69) is 74.7 Å². The predicted octanol–water partition coefficient (Wildman–Crippen LogP) is 25.8. The second-order valence-corrected chi connectivity index (χ2v) is 30.3. The number of amides is 1. The average molecular weight is 1330 g/mol. The van der Waals surface area contributed by atoms with Gasteiger partial charge >= 0.3 is 5.97 Å². The van der Waals surface area contributed by atoms with Crippen LogP contribution in [0, 0.1) is 0 Å². The number of esters is 1. The Morgan fingerprint density at radius 2 is 0.656 bits per heavy atom. The van der Waals surface area contributed by atoms with Crippen molar-refractivity contribution in [2.24, 2.45) is 0 Å². The van der Waals surface area contributed by atoms with Gasteiger partial charge in [-0.3, -0.25) is 14.2 Å². The monoisotopic (exact) mass is 1330 g/mol. The number of nitrogens with zero attached hydrogens (tertiary/aromatic N) is 1. The summed E-state index contributed by atoms with van der Waals surface area (Å²) in [6.45, 7) is 6.89. The van der Waals surface area contributed by atoms with Gasteiger partial charge in [0.2, 0.25) is 5.91 Å². The van der Waals surface area contributed by atoms with E-state index in [1.165, 1.54) is 295 Å². The van der Waals surface area contributed by atoms with Crippen molar-refractivity contribution in [3.8, 4) is 0 Å². The molecule has 0 saturated carbocycles. The van der Waals surface area contributed by atoms with Crippen LogP contribution in [-0.4, -0.2) is 69.4 Å². The second kappa shape index (κ2) is 72.5. The van der Waals surface area contributed by atoms with Crippen LogP contribution in [0.5, 0.6) is 0 Å². The molecule has 0 aliphatic carbocycles. The molecule has 0 rings (SSSR count). The van der Waals surface area contributed by atoms with E-state index in [0.29, 0.717) is 17.4 Å². The largest absolute Gasteiger partial charge is 0.756 e. The lowest BCUT2D eigenvalue weighted by Gasteiger charge is -2.30. The zero-order chi connectivity index (χ0) is 67.8. The van der Waals surface area contributed by atoms with Crippen LogP contribution < -0.4 is 10.2 Å². The van der Waals surface area contributed by atoms with E-state index in [-0.39, 0.29) is 31.5 Å². The van der Waals surface area contributed by atoms with Crippen molar-refractivity contribution >= 4 is 19.7 Å². The van der Waals surface area contributed by atoms with Crippen molar-refractivity contribution in [1.82, 2.24) is 5.32 Å². The van der Waals surface area contributed by atoms with Crippen LogP contribution in [0.15, 0.2) is 60.8 Å². The third-order valence-corrected chi connectivity index (χ3v) is 19.4. The number of phosphoric ester groups is 1. The highest BCUT2D eigenvalue weighted by Crippen LogP contribution is 2.38. The van der Waals surface area contributed by atoms with E-state index >= 15 is 0 Å². The normalized spacial score (nSPS) is 13.7. The Balaban J connectivity index is 4.93. The molecule has 0 heterocycles. The molecule has 0 aliphatic rings. The van der Waals surface area contributed by atoms with E-state index in [4.69, 9.17) is 13.8 Å². The highest BCUT2D eigenvalue weighted by Gasteiger charge is 2.27. The molecule has 9 nitrogen and oxygen atoms in total. The van der Waals surface area contributed by atoms with Crippen molar-refractivity contribution in [2.75, 3.05) is 40.9 Å². The molecule has 1 N–H and O–H groups in total. The van der Waals surface area contributed by atoms with Crippen molar-refractivity contribution in [3.05, 3.63) is 60.8 Å². The summed E-state index contributed by atoms with van der Waals surface area (Å²) in [6.07, 6.45) is 95.1. The first kappa shape index (κ1) is 90.7. The molecule has 3 unspecified atom stereocenters. The number of quaternary nitrogens is 1. The Morgan fingerprint density at radius 3 is 1.00 bits per heavy atom. The maximum atomic E-state index is 13.7. The molecule has 0 aromatic carbocycles. The van der Waals surface area contributed by atoms with E-state index in [0.717, 1.165) is 77.0 Å². The number of hydrogen-bond acceptors (Lipinski definition) is 7. The van der Waals surface area contributed by atoms with Gasteiger partial charge in [0, 0.05) is 12.8 Å². The maximum absolute atomic E-state index is 13.7. The highest BCUT2D eigenvalue weighted by atomic mass is 31.2. The Morgan fingerprint density at radius 1 is 0.376 bits per heavy atom. The molecule has 0 aliphatic heterocycles. The number of phosphoric acid groups is 1. The van der Waals surface area contributed by atoms with Crippen LogP contribution in [0.2, 0.25) is 0 Å². The number of likely N-dealkylation sites (N-methyl/N-ethyl adjacent to an activating group) is 1. The number of unbranched alkanes of at least 4 members (excludes halogenated alkanes) is 51. The molecule has 0 saturated heterocycles. The molecule has 546 valence electrons. The first-order valence-corrected chi connectivity index (χ1v) is 42.1. The van der Waals surface area contributed by atoms with Crippen molar-refractivity contribution in [2.45, 2.75) is 418 Å². The number of rotatable bonds is 75. The number of allylic oxidation sites excluding steroid dienone is 9. The molecule has 0 aromatic rings. The summed E-state index contributed by atoms with van der Waals surface area (Å²) < 4.78 is 30.6. The molecule has 10 heteroatoms. The Labute approximate surface area is 579 Å². The Hall–Kier alpha value is -2.29. The third kappa shape index (κ3) is 73.8. The molecule has 0 bridgehead atoms. The molecule has 0 spiro atoms. The fraction of sp³-hybridized carbons (Fsp3) is 0.855. The Kier molecular flexibility index (Phi) is 70.7. The van der Waals surface area contributed by atoms with E-state index < -0.39 is 20.0 Å². The SMILES string of the molecule is CCCCC/C=C\C/C=C\C/C=C\C/C=C\CCCCCCCCCCCCCC(=O)NC(COP(=O)([O-])OCC[N+](C)(C)C)C(/C=C/CCCCCCCCCCCCC)OC(=O)CCCCCCCCCCCCCCCCCCCCCCCCCCCCC. The van der Waals surface area contributed by atoms with Gasteiger partial charge in [0.05, 0.1) is 33.8 Å². The lowest BCUT2D eigenvalue weighted by molar-refractivity contribution is -0.870. The van der Waals surface area contributed by atoms with Gasteiger partial charge in [-0.05, 0) is 76.7 Å². The molecule has 93 heavy (non-hydrogen) atoms. The van der Waals surface area contributed by atoms with Gasteiger partial charge in [-0.2, -0.15) is 0 Å². The summed E-state index contributed by atoms with van der Waals surface area (Å²) in [5, 5.41) is 3.06. The first-order valence-electron chi connectivity index (χ1n) is 40.6. The van der Waals surface area contributed by atoms with Gasteiger partial charge in [-0.1, -0.05) is 377 Å². The fourth-order valence-electron chi connectivity index (χ4n) is 12.2. The van der Waals surface area contributed by atoms with Crippen LogP contribution in [0.25, 0.3) is 0 Å². The van der Waals surface area contributed by atoms with Gasteiger partial charge < -0.3 is 28.5 Å². The molecule has 0 radical (unpaired) electrons. The lowest BCUT2D eigenvalue weighted by Crippen LogP contribution is -2.47. The Bertz CT molecular complexity index is 1770. The van der Waals surface area contributed by atoms with Gasteiger partial charge in [0.1, 0.15) is 19.3 Å². The van der Waals surface area contributed by atoms with Crippen LogP contribution in [-0.2, 0) is 27.9 Å². The molecule has 3 atom stereocenters. The summed E-state index contributed by atoms with van der Waals surface area (Å²) >= 11 is 0. The topological polar surface area (TPSA) is 114 Å². The van der Waals surface area contributed by atoms with Gasteiger partial charge in [-0.25, -0.2) is 0 Å². The van der Waals surface area contributed by atoms with Gasteiger partial charge in [0.15, 0.2) is 0 Å². The summed E-state index contributed by atoms with van der Waals surface area (Å²) in [7, 11) is 1.20. The number of nitrogens with one attached hydrogen (secondary N) is 1. The number of hydrogen-bond donors (Lipinski definition) is 1. The maximum Gasteiger partial charge on any atom is 0.306 e. The van der Waals surface area contributed by atoms with Crippen LogP contribution in [0.1, 0.15) is 406 Å². The highest BCUT2D eigenvalue weighted by molar-refractivity contribution is 7.45. The molecule has 0 aromatic heterocycles. The van der Waals surface area contributed by atoms with Crippen LogP contribution in [0.4, 0.5) is 0 Å². The van der Waals surface area contributed by atoms with Crippen molar-refractivity contribution < 1.29 is 37.3 Å². The standard InChI is InChI=1S/C83H157N2O7P/c1-7-10-13-16-19-22-25-28-30-32-34-36-38-40-42-44-46-48-50-52-54-57-60-63-66-69-72-75-82(86)84-80(79-91-93(88,89)90-78-77-85(4,5)6)81(74-71-68-65-62-59-56-27-24-21-18-15-12-9-3)92-83(87)76-73-70-67-64-61-58-55-53-51-49-47-45-43-41-39-37-35-33-31-29-26-23-20-17-14-11-8-2/h19,22,28,30,34,36,40,42,71,74,80-81H,7-18,20-21,23-27,29,31-33,35,37-39,41,43-70,72-73,75-79H2,1-6H3,(H-,84,86,88,89)/b22-19-,30-28-,36-34-,42-40-,74-71+. The van der Waals surface area contributed by atoms with Gasteiger partial charge in [0.25, 0.3) is 7.82 Å². The lowest BCUT2D eigenvalue weighted by atomic mass is 10.0. The third-order valence-electron chi connectivity index (χ3n) is 18.5. The quantitative estimate of drug-likeness (QED) is 0.0212. The summed E-state index contributed by atoms with van der Waals surface area (Å²) in [5.74, 6) is -0.524. The summed E-state index contributed by atoms with van der Waals surface area (Å²) in [6, 6.07) is -0.891. The predicted molar refractivity (Wildman–Crippen MR) is 404 cm³/mol. The molecule has 0 fully saturated rings. The average Bonchev–Trinajstić information content (AvgIpc) is 2.31. The zero-order valence-electron chi connectivity index (χ0n) is 62.7. The zero-order valence-corrected chi connectivity index (χ0v) is 63.6. The van der Waals surface area contributed by atoms with Crippen LogP contribution in [0.3, 0.4) is 0 Å². The first-order chi connectivity index (χ1) is 45.4. The minimum absolute atomic E-state index is 0.0218. The minimum atomic E-state index is -4.71. The summed E-state index contributed by atoms with van der Waals surface area (Å²) in [5.41, 5.74) is 0.